The van der Waals surface area contributed by atoms with Crippen LogP contribution in [0, 0.1) is 5.82 Å². The van der Waals surface area contributed by atoms with Gasteiger partial charge >= 0.3 is 5.97 Å². The summed E-state index contributed by atoms with van der Waals surface area (Å²) in [5, 5.41) is 2.52. The zero-order valence-electron chi connectivity index (χ0n) is 10.6. The van der Waals surface area contributed by atoms with Crippen molar-refractivity contribution in [3.63, 3.8) is 0 Å². The highest BCUT2D eigenvalue weighted by molar-refractivity contribution is 6.03. The number of rotatable bonds is 3. The van der Waals surface area contributed by atoms with Crippen molar-refractivity contribution in [1.29, 1.82) is 0 Å². The second-order valence-corrected chi connectivity index (χ2v) is 3.86. The Morgan fingerprint density at radius 2 is 1.85 bits per heavy atom. The van der Waals surface area contributed by atoms with E-state index < -0.39 is 17.7 Å². The topological polar surface area (TPSA) is 68.3 Å². The van der Waals surface area contributed by atoms with Crippen molar-refractivity contribution in [3.05, 3.63) is 59.5 Å². The van der Waals surface area contributed by atoms with Crippen LogP contribution in [0.25, 0.3) is 0 Å². The number of ether oxygens (including phenoxy) is 1. The largest absolute Gasteiger partial charge is 0.464 e. The molecule has 0 saturated heterocycles. The van der Waals surface area contributed by atoms with Crippen LogP contribution in [0.5, 0.6) is 0 Å². The number of carbonyl (C=O) groups is 2. The van der Waals surface area contributed by atoms with Gasteiger partial charge in [-0.05, 0) is 36.4 Å². The second-order valence-electron chi connectivity index (χ2n) is 3.86. The average molecular weight is 274 g/mol. The van der Waals surface area contributed by atoms with E-state index in [1.807, 2.05) is 0 Å². The van der Waals surface area contributed by atoms with Gasteiger partial charge in [-0.2, -0.15) is 0 Å². The van der Waals surface area contributed by atoms with Crippen molar-refractivity contribution in [2.24, 2.45) is 0 Å². The number of nitrogens with zero attached hydrogens (tertiary/aromatic N) is 1. The van der Waals surface area contributed by atoms with Gasteiger partial charge in [-0.15, -0.1) is 0 Å². The van der Waals surface area contributed by atoms with Gasteiger partial charge in [0.15, 0.2) is 5.69 Å². The van der Waals surface area contributed by atoms with E-state index >= 15 is 0 Å². The molecule has 0 bridgehead atoms. The van der Waals surface area contributed by atoms with Crippen LogP contribution < -0.4 is 5.32 Å². The van der Waals surface area contributed by atoms with E-state index in [1.54, 1.807) is 6.07 Å². The number of aromatic nitrogens is 1. The van der Waals surface area contributed by atoms with Crippen LogP contribution >= 0.6 is 0 Å². The van der Waals surface area contributed by atoms with E-state index in [4.69, 9.17) is 0 Å². The Bertz CT molecular complexity index is 641. The number of carbonyl (C=O) groups excluding carboxylic acids is 2. The van der Waals surface area contributed by atoms with Crippen molar-refractivity contribution in [3.8, 4) is 0 Å². The van der Waals surface area contributed by atoms with Gasteiger partial charge in [0.25, 0.3) is 5.91 Å². The van der Waals surface area contributed by atoms with Crippen LogP contribution in [-0.2, 0) is 4.74 Å². The lowest BCUT2D eigenvalue weighted by atomic mass is 10.2. The van der Waals surface area contributed by atoms with Crippen LogP contribution in [-0.4, -0.2) is 24.0 Å². The smallest absolute Gasteiger partial charge is 0.356 e. The maximum atomic E-state index is 12.8. The lowest BCUT2D eigenvalue weighted by molar-refractivity contribution is 0.0594. The van der Waals surface area contributed by atoms with E-state index in [2.05, 4.69) is 15.0 Å². The van der Waals surface area contributed by atoms with Crippen LogP contribution in [0.2, 0.25) is 0 Å². The van der Waals surface area contributed by atoms with Crippen molar-refractivity contribution in [2.75, 3.05) is 12.4 Å². The van der Waals surface area contributed by atoms with Gasteiger partial charge in [0.05, 0.1) is 7.11 Å². The summed E-state index contributed by atoms with van der Waals surface area (Å²) < 4.78 is 17.3. The Balaban J connectivity index is 2.15. The Kier molecular flexibility index (Phi) is 4.05. The maximum Gasteiger partial charge on any atom is 0.356 e. The number of anilines is 1. The predicted octanol–water partition coefficient (Wildman–Crippen LogP) is 2.26. The molecule has 1 amide bonds. The molecule has 0 atom stereocenters. The molecule has 1 N–H and O–H groups in total. The lowest BCUT2D eigenvalue weighted by Crippen LogP contribution is -2.14. The third-order valence-electron chi connectivity index (χ3n) is 2.49. The van der Waals surface area contributed by atoms with Crippen molar-refractivity contribution in [2.45, 2.75) is 0 Å². The van der Waals surface area contributed by atoms with E-state index in [0.717, 1.165) is 0 Å². The number of pyridine rings is 1. The molecule has 1 aromatic heterocycles. The molecule has 0 fully saturated rings. The maximum absolute atomic E-state index is 12.8. The molecule has 0 spiro atoms. The number of hydrogen-bond acceptors (Lipinski definition) is 4. The molecule has 2 rings (SSSR count). The van der Waals surface area contributed by atoms with Gasteiger partial charge in [-0.25, -0.2) is 14.2 Å². The van der Waals surface area contributed by atoms with Gasteiger partial charge in [0.2, 0.25) is 0 Å². The number of amides is 1. The van der Waals surface area contributed by atoms with Gasteiger partial charge in [-0.3, -0.25) is 4.79 Å². The highest BCUT2D eigenvalue weighted by Crippen LogP contribution is 2.09. The highest BCUT2D eigenvalue weighted by atomic mass is 19.1. The monoisotopic (exact) mass is 274 g/mol. The van der Waals surface area contributed by atoms with Gasteiger partial charge in [0, 0.05) is 5.56 Å². The van der Waals surface area contributed by atoms with Crippen LogP contribution in [0.15, 0.2) is 42.5 Å². The molecule has 5 nitrogen and oxygen atoms in total. The molecular weight excluding hydrogens is 263 g/mol. The highest BCUT2D eigenvalue weighted by Gasteiger charge is 2.10. The average Bonchev–Trinajstić information content (AvgIpc) is 2.47. The molecule has 0 aliphatic carbocycles. The summed E-state index contributed by atoms with van der Waals surface area (Å²) in [5.74, 6) is -1.25. The summed E-state index contributed by atoms with van der Waals surface area (Å²) in [7, 11) is 1.24. The zero-order valence-corrected chi connectivity index (χ0v) is 10.6. The molecule has 102 valence electrons. The Morgan fingerprint density at radius 3 is 2.50 bits per heavy atom. The minimum Gasteiger partial charge on any atom is -0.464 e. The van der Waals surface area contributed by atoms with Crippen molar-refractivity contribution in [1.82, 2.24) is 4.98 Å². The molecule has 0 unspecified atom stereocenters. The van der Waals surface area contributed by atoms with Crippen LogP contribution in [0.1, 0.15) is 20.8 Å². The lowest BCUT2D eigenvalue weighted by Gasteiger charge is -2.05. The summed E-state index contributed by atoms with van der Waals surface area (Å²) in [6, 6.07) is 9.66. The van der Waals surface area contributed by atoms with E-state index in [9.17, 15) is 14.0 Å². The number of nitrogens with one attached hydrogen (secondary N) is 1. The molecule has 0 aliphatic rings. The molecule has 2 aromatic rings. The SMILES string of the molecule is COC(=O)c1cccc(NC(=O)c2ccc(F)cc2)n1. The van der Waals surface area contributed by atoms with E-state index in [0.29, 0.717) is 0 Å². The summed E-state index contributed by atoms with van der Waals surface area (Å²) in [6.45, 7) is 0. The van der Waals surface area contributed by atoms with E-state index in [1.165, 1.54) is 43.5 Å². The first-order valence-electron chi connectivity index (χ1n) is 5.72. The van der Waals surface area contributed by atoms with Gasteiger partial charge in [0.1, 0.15) is 11.6 Å². The summed E-state index contributed by atoms with van der Waals surface area (Å²) in [5.41, 5.74) is 0.376. The molecule has 6 heteroatoms. The Hall–Kier alpha value is -2.76. The summed E-state index contributed by atoms with van der Waals surface area (Å²) in [6.07, 6.45) is 0. The molecule has 0 saturated carbocycles. The van der Waals surface area contributed by atoms with Crippen molar-refractivity contribution >= 4 is 17.7 Å². The van der Waals surface area contributed by atoms with Crippen LogP contribution in [0.4, 0.5) is 10.2 Å². The number of hydrogen-bond donors (Lipinski definition) is 1. The molecule has 20 heavy (non-hydrogen) atoms. The summed E-state index contributed by atoms with van der Waals surface area (Å²) >= 11 is 0. The second kappa shape index (κ2) is 5.92. The third-order valence-corrected chi connectivity index (χ3v) is 2.49. The zero-order chi connectivity index (χ0) is 14.5. The normalized spacial score (nSPS) is 9.90. The number of esters is 1. The van der Waals surface area contributed by atoms with Gasteiger partial charge in [-0.1, -0.05) is 6.07 Å². The minimum absolute atomic E-state index is 0.0874. The quantitative estimate of drug-likeness (QED) is 0.872. The fraction of sp³-hybridized carbons (Fsp3) is 0.0714. The first-order valence-corrected chi connectivity index (χ1v) is 5.72. The number of halogens is 1. The Labute approximate surface area is 114 Å². The minimum atomic E-state index is -0.595. The van der Waals surface area contributed by atoms with Crippen molar-refractivity contribution < 1.29 is 18.7 Å². The first-order chi connectivity index (χ1) is 9.60. The molecule has 1 aromatic carbocycles. The fourth-order valence-corrected chi connectivity index (χ4v) is 1.51. The number of methoxy groups -OCH3 is 1. The standard InChI is InChI=1S/C14H11FN2O3/c1-20-14(19)11-3-2-4-12(16-11)17-13(18)9-5-7-10(15)8-6-9/h2-8H,1H3,(H,16,17,18). The molecule has 0 aliphatic heterocycles. The molecular formula is C14H11FN2O3. The third kappa shape index (κ3) is 3.17. The van der Waals surface area contributed by atoms with Crippen LogP contribution in [0.3, 0.4) is 0 Å². The number of benzene rings is 1. The Morgan fingerprint density at radius 1 is 1.15 bits per heavy atom. The molecule has 0 radical (unpaired) electrons. The summed E-state index contributed by atoms with van der Waals surface area (Å²) in [4.78, 5) is 27.2. The van der Waals surface area contributed by atoms with Gasteiger partial charge < -0.3 is 10.1 Å². The van der Waals surface area contributed by atoms with E-state index in [-0.39, 0.29) is 17.1 Å². The molecule has 1 heterocycles. The fourth-order valence-electron chi connectivity index (χ4n) is 1.51. The first kappa shape index (κ1) is 13.7. The predicted molar refractivity (Wildman–Crippen MR) is 69.9 cm³/mol.